The molecule has 0 aliphatic carbocycles. The average Bonchev–Trinajstić information content (AvgIpc) is 2.26. The van der Waals surface area contributed by atoms with Crippen molar-refractivity contribution in [3.63, 3.8) is 0 Å². The summed E-state index contributed by atoms with van der Waals surface area (Å²) in [5.74, 6) is 0.191. The lowest BCUT2D eigenvalue weighted by molar-refractivity contribution is -0.141. The summed E-state index contributed by atoms with van der Waals surface area (Å²) < 4.78 is 0. The van der Waals surface area contributed by atoms with Gasteiger partial charge in [-0.2, -0.15) is 11.8 Å². The molecule has 0 radical (unpaired) electrons. The summed E-state index contributed by atoms with van der Waals surface area (Å²) in [4.78, 5) is 21.9. The normalized spacial score (nSPS) is 13.8. The van der Waals surface area contributed by atoms with Crippen molar-refractivity contribution in [3.05, 3.63) is 0 Å². The van der Waals surface area contributed by atoms with Gasteiger partial charge in [0.25, 0.3) is 0 Å². The van der Waals surface area contributed by atoms with Crippen LogP contribution in [0, 0.1) is 11.8 Å². The first-order valence-corrected chi connectivity index (χ1v) is 7.10. The third kappa shape index (κ3) is 8.85. The fourth-order valence-electron chi connectivity index (χ4n) is 1.20. The van der Waals surface area contributed by atoms with E-state index in [2.05, 4.69) is 17.6 Å². The van der Waals surface area contributed by atoms with Crippen LogP contribution in [0.5, 0.6) is 0 Å². The quantitative estimate of drug-likeness (QED) is 0.618. The van der Waals surface area contributed by atoms with E-state index in [0.29, 0.717) is 25.4 Å². The number of urea groups is 1. The lowest BCUT2D eigenvalue weighted by atomic mass is 10.1. The van der Waals surface area contributed by atoms with Crippen LogP contribution in [0.4, 0.5) is 4.79 Å². The van der Waals surface area contributed by atoms with Gasteiger partial charge in [-0.3, -0.25) is 4.79 Å². The largest absolute Gasteiger partial charge is 0.481 e. The Bertz CT molecular complexity index is 249. The van der Waals surface area contributed by atoms with E-state index in [-0.39, 0.29) is 6.03 Å². The molecule has 0 aliphatic rings. The molecule has 0 spiro atoms. The molecule has 5 nitrogen and oxygen atoms in total. The molecule has 17 heavy (non-hydrogen) atoms. The van der Waals surface area contributed by atoms with Gasteiger partial charge in [0.2, 0.25) is 0 Å². The Morgan fingerprint density at radius 3 is 2.47 bits per heavy atom. The fourth-order valence-corrected chi connectivity index (χ4v) is 1.89. The van der Waals surface area contributed by atoms with Crippen LogP contribution in [0.15, 0.2) is 0 Å². The number of amides is 2. The van der Waals surface area contributed by atoms with E-state index in [4.69, 9.17) is 5.11 Å². The third-order valence-corrected chi connectivity index (χ3v) is 3.25. The summed E-state index contributed by atoms with van der Waals surface area (Å²) >= 11 is 1.75. The van der Waals surface area contributed by atoms with Gasteiger partial charge in [0.15, 0.2) is 0 Å². The highest BCUT2D eigenvalue weighted by atomic mass is 32.2. The smallest absolute Gasteiger partial charge is 0.314 e. The van der Waals surface area contributed by atoms with Crippen molar-refractivity contribution < 1.29 is 14.7 Å². The summed E-state index contributed by atoms with van der Waals surface area (Å²) in [6.45, 7) is 4.73. The van der Waals surface area contributed by atoms with Crippen LogP contribution in [-0.4, -0.2) is 42.2 Å². The predicted octanol–water partition coefficient (Wildman–Crippen LogP) is 1.40. The van der Waals surface area contributed by atoms with E-state index in [9.17, 15) is 9.59 Å². The molecule has 0 aromatic carbocycles. The monoisotopic (exact) mass is 262 g/mol. The number of thioether (sulfide) groups is 1. The van der Waals surface area contributed by atoms with Gasteiger partial charge in [-0.15, -0.1) is 0 Å². The predicted molar refractivity (Wildman–Crippen MR) is 70.4 cm³/mol. The zero-order chi connectivity index (χ0) is 13.3. The molecular weight excluding hydrogens is 240 g/mol. The molecule has 0 aliphatic heterocycles. The molecule has 100 valence electrons. The molecule has 0 fully saturated rings. The minimum atomic E-state index is -0.833. The van der Waals surface area contributed by atoms with Crippen molar-refractivity contribution in [1.82, 2.24) is 10.6 Å². The first-order valence-electron chi connectivity index (χ1n) is 5.70. The van der Waals surface area contributed by atoms with Gasteiger partial charge in [0.05, 0.1) is 5.92 Å². The van der Waals surface area contributed by atoms with Crippen molar-refractivity contribution in [1.29, 1.82) is 0 Å². The molecule has 2 atom stereocenters. The van der Waals surface area contributed by atoms with E-state index in [1.165, 1.54) is 0 Å². The van der Waals surface area contributed by atoms with E-state index in [1.54, 1.807) is 18.7 Å². The first-order chi connectivity index (χ1) is 7.97. The van der Waals surface area contributed by atoms with Crippen LogP contribution in [-0.2, 0) is 4.79 Å². The standard InChI is InChI=1S/C11H22N2O3S/c1-8(7-17-3)6-13-11(16)12-5-4-9(2)10(14)15/h8-9H,4-7H2,1-3H3,(H,14,15)(H2,12,13,16). The van der Waals surface area contributed by atoms with Crippen LogP contribution in [0.2, 0.25) is 0 Å². The molecule has 6 heteroatoms. The zero-order valence-corrected chi connectivity index (χ0v) is 11.5. The Kier molecular flexibility index (Phi) is 8.66. The molecule has 0 aromatic heterocycles. The second-order valence-corrected chi connectivity index (χ2v) is 5.14. The molecule has 0 bridgehead atoms. The summed E-state index contributed by atoms with van der Waals surface area (Å²) in [6, 6.07) is -0.226. The van der Waals surface area contributed by atoms with E-state index in [0.717, 1.165) is 5.75 Å². The number of carbonyl (C=O) groups is 2. The zero-order valence-electron chi connectivity index (χ0n) is 10.7. The van der Waals surface area contributed by atoms with Gasteiger partial charge in [-0.05, 0) is 24.3 Å². The maximum atomic E-state index is 11.3. The molecule has 2 amide bonds. The number of aliphatic carboxylic acids is 1. The van der Waals surface area contributed by atoms with Crippen molar-refractivity contribution in [2.24, 2.45) is 11.8 Å². The molecule has 0 rings (SSSR count). The molecular formula is C11H22N2O3S. The summed E-state index contributed by atoms with van der Waals surface area (Å²) in [7, 11) is 0. The molecule has 2 unspecified atom stereocenters. The van der Waals surface area contributed by atoms with Gasteiger partial charge < -0.3 is 15.7 Å². The highest BCUT2D eigenvalue weighted by molar-refractivity contribution is 7.98. The Labute approximate surface area is 107 Å². The van der Waals surface area contributed by atoms with Crippen LogP contribution in [0.3, 0.4) is 0 Å². The highest BCUT2D eigenvalue weighted by Crippen LogP contribution is 2.02. The van der Waals surface area contributed by atoms with E-state index in [1.807, 2.05) is 6.26 Å². The Morgan fingerprint density at radius 1 is 1.29 bits per heavy atom. The van der Waals surface area contributed by atoms with Gasteiger partial charge in [-0.1, -0.05) is 13.8 Å². The van der Waals surface area contributed by atoms with Crippen molar-refractivity contribution in [3.8, 4) is 0 Å². The maximum absolute atomic E-state index is 11.3. The van der Waals surface area contributed by atoms with Gasteiger partial charge in [0, 0.05) is 13.1 Å². The second-order valence-electron chi connectivity index (χ2n) is 4.23. The average molecular weight is 262 g/mol. The number of carbonyl (C=O) groups excluding carboxylic acids is 1. The molecule has 0 heterocycles. The number of hydrogen-bond donors (Lipinski definition) is 3. The van der Waals surface area contributed by atoms with Gasteiger partial charge in [-0.25, -0.2) is 4.79 Å². The highest BCUT2D eigenvalue weighted by Gasteiger charge is 2.10. The van der Waals surface area contributed by atoms with Crippen LogP contribution in [0.1, 0.15) is 20.3 Å². The van der Waals surface area contributed by atoms with Gasteiger partial charge in [0.1, 0.15) is 0 Å². The van der Waals surface area contributed by atoms with Crippen molar-refractivity contribution in [2.75, 3.05) is 25.1 Å². The number of rotatable bonds is 8. The number of nitrogens with one attached hydrogen (secondary N) is 2. The lowest BCUT2D eigenvalue weighted by Gasteiger charge is -2.12. The SMILES string of the molecule is CSCC(C)CNC(=O)NCCC(C)C(=O)O. The van der Waals surface area contributed by atoms with Crippen molar-refractivity contribution in [2.45, 2.75) is 20.3 Å². The minimum Gasteiger partial charge on any atom is -0.481 e. The molecule has 0 saturated heterocycles. The second kappa shape index (κ2) is 9.15. The number of carboxylic acid groups (broad SMARTS) is 1. The van der Waals surface area contributed by atoms with E-state index < -0.39 is 11.9 Å². The lowest BCUT2D eigenvalue weighted by Crippen LogP contribution is -2.39. The van der Waals surface area contributed by atoms with Crippen LogP contribution < -0.4 is 10.6 Å². The summed E-state index contributed by atoms with van der Waals surface area (Å²) in [5, 5.41) is 14.1. The van der Waals surface area contributed by atoms with Crippen LogP contribution >= 0.6 is 11.8 Å². The fraction of sp³-hybridized carbons (Fsp3) is 0.818. The summed E-state index contributed by atoms with van der Waals surface area (Å²) in [6.07, 6.45) is 2.48. The topological polar surface area (TPSA) is 78.4 Å². The Morgan fingerprint density at radius 2 is 1.94 bits per heavy atom. The summed E-state index contributed by atoms with van der Waals surface area (Å²) in [5.41, 5.74) is 0. The number of carboxylic acids is 1. The Balaban J connectivity index is 3.56. The first kappa shape index (κ1) is 16.1. The molecule has 0 saturated carbocycles. The number of hydrogen-bond acceptors (Lipinski definition) is 3. The van der Waals surface area contributed by atoms with Crippen LogP contribution in [0.25, 0.3) is 0 Å². The molecule has 3 N–H and O–H groups in total. The van der Waals surface area contributed by atoms with Crippen molar-refractivity contribution >= 4 is 23.8 Å². The maximum Gasteiger partial charge on any atom is 0.314 e. The van der Waals surface area contributed by atoms with E-state index >= 15 is 0 Å². The third-order valence-electron chi connectivity index (χ3n) is 2.35. The van der Waals surface area contributed by atoms with Gasteiger partial charge >= 0.3 is 12.0 Å². The Hall–Kier alpha value is -0.910. The minimum absolute atomic E-state index is 0.226. The molecule has 0 aromatic rings.